The summed E-state index contributed by atoms with van der Waals surface area (Å²) in [6, 6.07) is 15.1. The maximum Gasteiger partial charge on any atom is 0.282 e. The molecule has 4 aliphatic rings. The summed E-state index contributed by atoms with van der Waals surface area (Å²) in [5, 5.41) is 3.10. The first-order valence-electron chi connectivity index (χ1n) is 20.1. The molecule has 3 saturated heterocycles. The van der Waals surface area contributed by atoms with Crippen molar-refractivity contribution in [3.05, 3.63) is 122 Å². The summed E-state index contributed by atoms with van der Waals surface area (Å²) in [5.74, 6) is -0.438. The number of anilines is 2. The average Bonchev–Trinajstić information content (AvgIpc) is 3.44. The number of imide groups is 1. The summed E-state index contributed by atoms with van der Waals surface area (Å²) in [6.07, 6.45) is 5.51. The molecule has 302 valence electrons. The minimum atomic E-state index is -0.724. The lowest BCUT2D eigenvalue weighted by atomic mass is 9.81. The molecule has 59 heavy (non-hydrogen) atoms. The number of allylic oxidation sites excluding steroid dienone is 1. The molecule has 4 aliphatic heterocycles. The van der Waals surface area contributed by atoms with Crippen LogP contribution in [0.4, 0.5) is 15.9 Å². The van der Waals surface area contributed by atoms with Crippen LogP contribution in [0.3, 0.4) is 0 Å². The zero-order valence-corrected chi connectivity index (χ0v) is 34.0. The van der Waals surface area contributed by atoms with Gasteiger partial charge in [0.2, 0.25) is 17.7 Å². The molecule has 9 rings (SSSR count). The molecule has 3 aromatic carbocycles. The number of amides is 3. The molecule has 0 bridgehead atoms. The van der Waals surface area contributed by atoms with Gasteiger partial charge in [-0.2, -0.15) is 4.98 Å². The van der Waals surface area contributed by atoms with Crippen molar-refractivity contribution in [3.63, 3.8) is 0 Å². The second kappa shape index (κ2) is 14.7. The molecule has 0 aliphatic carbocycles. The van der Waals surface area contributed by atoms with E-state index in [4.69, 9.17) is 21.6 Å². The number of carbonyl (C=O) groups excluding carboxylic acids is 3. The molecule has 3 fully saturated rings. The Morgan fingerprint density at radius 1 is 0.966 bits per heavy atom. The number of piperidine rings is 2. The molecule has 12 nitrogen and oxygen atoms in total. The fourth-order valence-corrected chi connectivity index (χ4v) is 9.57. The minimum Gasteiger partial charge on any atom is -0.360 e. The largest absolute Gasteiger partial charge is 0.360 e. The first kappa shape index (κ1) is 38.6. The van der Waals surface area contributed by atoms with E-state index in [9.17, 15) is 19.2 Å². The molecule has 2 aromatic heterocycles. The maximum absolute atomic E-state index is 15.7. The molecule has 5 aromatic rings. The zero-order chi connectivity index (χ0) is 41.3. The summed E-state index contributed by atoms with van der Waals surface area (Å²) in [6.45, 7) is 13.1. The van der Waals surface area contributed by atoms with Crippen molar-refractivity contribution < 1.29 is 18.8 Å². The van der Waals surface area contributed by atoms with Crippen molar-refractivity contribution in [3.8, 4) is 5.69 Å². The van der Waals surface area contributed by atoms with Gasteiger partial charge in [-0.1, -0.05) is 42.0 Å². The molecule has 1 unspecified atom stereocenters. The molecular formula is C45H44ClFN8O4. The number of fused-ring (bicyclic) bond motifs is 5. The first-order valence-corrected chi connectivity index (χ1v) is 20.4. The molecule has 0 saturated carbocycles. The van der Waals surface area contributed by atoms with Crippen LogP contribution in [-0.4, -0.2) is 74.9 Å². The summed E-state index contributed by atoms with van der Waals surface area (Å²) in [4.78, 5) is 70.9. The number of nitrogens with one attached hydrogen (secondary N) is 1. The van der Waals surface area contributed by atoms with Gasteiger partial charge in [0.1, 0.15) is 17.5 Å². The summed E-state index contributed by atoms with van der Waals surface area (Å²) in [5.41, 5.74) is 5.94. The lowest BCUT2D eigenvalue weighted by molar-refractivity contribution is -0.134. The number of halogens is 2. The molecule has 6 heterocycles. The van der Waals surface area contributed by atoms with Gasteiger partial charge in [0.05, 0.1) is 64.1 Å². The fraction of sp³-hybridized carbons (Fsp3) is 0.356. The van der Waals surface area contributed by atoms with Crippen molar-refractivity contribution in [2.45, 2.75) is 70.3 Å². The van der Waals surface area contributed by atoms with Gasteiger partial charge in [0.25, 0.3) is 5.56 Å². The van der Waals surface area contributed by atoms with Crippen LogP contribution < -0.4 is 20.7 Å². The standard InChI is InChI=1S/C45H44ClFN8O4/c1-25(2)31-18-27(19-34(47)40(31)30-9-11-38(56)50-42(30)58)26-12-14-52(15-13-26)37-22-48-28(21-49-37)23-54-17-16-53(24-39(54)57)29-8-10-32-36(20-29)55-35-7-5-6-33(46)41(35)43(59)51-44(55)45(32,3)4/h5-8,10,18-22,26,30H,1,9,11-17,23-24H2,2-4H3,(H,50,56,58). The number of benzene rings is 3. The fourth-order valence-electron chi connectivity index (χ4n) is 9.32. The van der Waals surface area contributed by atoms with Crippen molar-refractivity contribution >= 4 is 57.3 Å². The summed E-state index contributed by atoms with van der Waals surface area (Å²) >= 11 is 6.47. The highest BCUT2D eigenvalue weighted by atomic mass is 35.5. The van der Waals surface area contributed by atoms with Gasteiger partial charge in [-0.15, -0.1) is 0 Å². The van der Waals surface area contributed by atoms with E-state index in [2.05, 4.69) is 52.7 Å². The third-order valence-corrected chi connectivity index (χ3v) is 12.9. The van der Waals surface area contributed by atoms with Crippen LogP contribution in [0.1, 0.15) is 92.1 Å². The van der Waals surface area contributed by atoms with Crippen molar-refractivity contribution in [1.82, 2.24) is 29.7 Å². The Labute approximate surface area is 345 Å². The highest BCUT2D eigenvalue weighted by Gasteiger charge is 2.39. The van der Waals surface area contributed by atoms with E-state index in [0.29, 0.717) is 76.9 Å². The number of aromatic nitrogens is 4. The highest BCUT2D eigenvalue weighted by molar-refractivity contribution is 6.35. The summed E-state index contributed by atoms with van der Waals surface area (Å²) < 4.78 is 17.8. The Morgan fingerprint density at radius 3 is 2.47 bits per heavy atom. The van der Waals surface area contributed by atoms with E-state index in [-0.39, 0.29) is 42.7 Å². The second-order valence-electron chi connectivity index (χ2n) is 16.6. The number of nitrogens with zero attached hydrogens (tertiary/aromatic N) is 7. The lowest BCUT2D eigenvalue weighted by Crippen LogP contribution is -2.50. The van der Waals surface area contributed by atoms with Crippen LogP contribution in [0.5, 0.6) is 0 Å². The van der Waals surface area contributed by atoms with E-state index in [1.165, 1.54) is 0 Å². The van der Waals surface area contributed by atoms with E-state index in [1.54, 1.807) is 24.5 Å². The number of rotatable bonds is 7. The quantitative estimate of drug-likeness (QED) is 0.186. The third-order valence-electron chi connectivity index (χ3n) is 12.5. The molecule has 0 radical (unpaired) electrons. The van der Waals surface area contributed by atoms with Gasteiger partial charge in [-0.3, -0.25) is 34.0 Å². The smallest absolute Gasteiger partial charge is 0.282 e. The van der Waals surface area contributed by atoms with Crippen LogP contribution in [0.25, 0.3) is 22.2 Å². The van der Waals surface area contributed by atoms with Gasteiger partial charge in [0.15, 0.2) is 0 Å². The lowest BCUT2D eigenvalue weighted by Gasteiger charge is -2.36. The van der Waals surface area contributed by atoms with Crippen molar-refractivity contribution in [2.24, 2.45) is 0 Å². The Balaban J connectivity index is 0.836. The summed E-state index contributed by atoms with van der Waals surface area (Å²) in [7, 11) is 0. The Kier molecular flexibility index (Phi) is 9.61. The number of hydrogen-bond donors (Lipinski definition) is 1. The molecule has 3 amide bonds. The van der Waals surface area contributed by atoms with Gasteiger partial charge in [-0.05, 0) is 93.0 Å². The van der Waals surface area contributed by atoms with Gasteiger partial charge in [0, 0.05) is 43.9 Å². The average molecular weight is 815 g/mol. The minimum absolute atomic E-state index is 0.00985. The van der Waals surface area contributed by atoms with Crippen LogP contribution in [0.15, 0.2) is 72.3 Å². The van der Waals surface area contributed by atoms with Crippen LogP contribution in [-0.2, 0) is 26.3 Å². The SMILES string of the molecule is C=C(C)c1cc(C2CCN(c3cnc(CN4CCN(c5ccc6c(c5)-n5c(nc(=O)c7c(Cl)cccc75)C6(C)C)CC4=O)cn3)CC2)cc(F)c1C1CCC(=O)NC1=O. The van der Waals surface area contributed by atoms with Gasteiger partial charge in [-0.25, -0.2) is 9.37 Å². The van der Waals surface area contributed by atoms with Crippen molar-refractivity contribution in [1.29, 1.82) is 0 Å². The second-order valence-corrected chi connectivity index (χ2v) is 17.1. The number of hydrogen-bond acceptors (Lipinski definition) is 9. The molecule has 1 atom stereocenters. The first-order chi connectivity index (χ1) is 28.3. The maximum atomic E-state index is 15.7. The Bertz CT molecular complexity index is 2650. The molecular weight excluding hydrogens is 771 g/mol. The topological polar surface area (TPSA) is 134 Å². The third kappa shape index (κ3) is 6.74. The van der Waals surface area contributed by atoms with E-state index >= 15 is 4.39 Å². The molecule has 14 heteroatoms. The molecule has 1 N–H and O–H groups in total. The van der Waals surface area contributed by atoms with Crippen LogP contribution in [0, 0.1) is 5.82 Å². The Morgan fingerprint density at radius 2 is 1.76 bits per heavy atom. The number of piperazine rings is 1. The van der Waals surface area contributed by atoms with Crippen LogP contribution >= 0.6 is 11.6 Å². The predicted octanol–water partition coefficient (Wildman–Crippen LogP) is 6.39. The van der Waals surface area contributed by atoms with Crippen molar-refractivity contribution in [2.75, 3.05) is 42.5 Å². The van der Waals surface area contributed by atoms with E-state index < -0.39 is 23.1 Å². The van der Waals surface area contributed by atoms with Gasteiger partial charge < -0.3 is 14.7 Å². The monoisotopic (exact) mass is 814 g/mol. The normalized spacial score (nSPS) is 19.2. The van der Waals surface area contributed by atoms with Crippen LogP contribution in [0.2, 0.25) is 5.02 Å². The van der Waals surface area contributed by atoms with E-state index in [0.717, 1.165) is 41.2 Å². The zero-order valence-electron chi connectivity index (χ0n) is 33.2. The Hall–Kier alpha value is -5.95. The predicted molar refractivity (Wildman–Crippen MR) is 225 cm³/mol. The van der Waals surface area contributed by atoms with Gasteiger partial charge >= 0.3 is 0 Å². The molecule has 0 spiro atoms. The van der Waals surface area contributed by atoms with E-state index in [1.807, 2.05) is 40.7 Å². The number of carbonyl (C=O) groups is 3. The highest BCUT2D eigenvalue weighted by Crippen LogP contribution is 2.45.